The summed E-state index contributed by atoms with van der Waals surface area (Å²) in [6, 6.07) is 12.6. The van der Waals surface area contributed by atoms with E-state index in [1.165, 1.54) is 14.2 Å². The van der Waals surface area contributed by atoms with Gasteiger partial charge in [-0.3, -0.25) is 9.10 Å². The van der Waals surface area contributed by atoms with Gasteiger partial charge in [-0.25, -0.2) is 8.42 Å². The zero-order chi connectivity index (χ0) is 20.0. The van der Waals surface area contributed by atoms with Crippen molar-refractivity contribution in [1.82, 2.24) is 0 Å². The molecule has 0 bridgehead atoms. The highest BCUT2D eigenvalue weighted by atomic mass is 32.2. The molecule has 0 aliphatic rings. The van der Waals surface area contributed by atoms with Crippen LogP contribution < -0.4 is 19.1 Å². The number of sulfonamides is 1. The van der Waals surface area contributed by atoms with Gasteiger partial charge in [-0.15, -0.1) is 0 Å². The second-order valence-corrected chi connectivity index (χ2v) is 7.76. The van der Waals surface area contributed by atoms with Crippen LogP contribution in [0.2, 0.25) is 0 Å². The summed E-state index contributed by atoms with van der Waals surface area (Å²) >= 11 is 0. The molecule has 1 unspecified atom stereocenters. The van der Waals surface area contributed by atoms with Crippen LogP contribution in [-0.2, 0) is 14.8 Å². The van der Waals surface area contributed by atoms with Crippen molar-refractivity contribution >= 4 is 27.3 Å². The molecule has 146 valence electrons. The molecule has 7 nitrogen and oxygen atoms in total. The third-order valence-corrected chi connectivity index (χ3v) is 5.15. The Balaban J connectivity index is 2.38. The molecular weight excluding hydrogens is 368 g/mol. The lowest BCUT2D eigenvalue weighted by Gasteiger charge is -2.30. The second kappa shape index (κ2) is 8.77. The summed E-state index contributed by atoms with van der Waals surface area (Å²) in [7, 11) is -0.684. The molecule has 0 aromatic heterocycles. The average molecular weight is 392 g/mol. The summed E-state index contributed by atoms with van der Waals surface area (Å²) in [5.74, 6) is 0.664. The number of amides is 1. The number of nitrogens with one attached hydrogen (secondary N) is 1. The molecule has 8 heteroatoms. The van der Waals surface area contributed by atoms with Crippen LogP contribution in [0, 0.1) is 0 Å². The van der Waals surface area contributed by atoms with E-state index in [9.17, 15) is 13.2 Å². The standard InChI is InChI=1S/C19H24N2O5S/c1-5-18(19(22)20-14-8-6-10-16(12-14)25-2)21(27(4,23)24)15-9-7-11-17(13-15)26-3/h6-13,18H,5H2,1-4H3,(H,20,22). The fourth-order valence-electron chi connectivity index (χ4n) is 2.73. The van der Waals surface area contributed by atoms with E-state index in [0.29, 0.717) is 29.3 Å². The van der Waals surface area contributed by atoms with Crippen LogP contribution >= 0.6 is 0 Å². The van der Waals surface area contributed by atoms with Gasteiger partial charge in [0.15, 0.2) is 0 Å². The first-order chi connectivity index (χ1) is 12.8. The predicted molar refractivity (Wildman–Crippen MR) is 106 cm³/mol. The molecule has 27 heavy (non-hydrogen) atoms. The molecule has 0 aliphatic carbocycles. The van der Waals surface area contributed by atoms with E-state index in [1.54, 1.807) is 55.5 Å². The Labute approximate surface area is 160 Å². The van der Waals surface area contributed by atoms with Crippen LogP contribution in [0.25, 0.3) is 0 Å². The smallest absolute Gasteiger partial charge is 0.248 e. The fraction of sp³-hybridized carbons (Fsp3) is 0.316. The lowest BCUT2D eigenvalue weighted by Crippen LogP contribution is -2.47. The zero-order valence-corrected chi connectivity index (χ0v) is 16.6. The molecule has 2 aromatic carbocycles. The van der Waals surface area contributed by atoms with E-state index in [4.69, 9.17) is 9.47 Å². The Morgan fingerprint density at radius 1 is 1.07 bits per heavy atom. The molecular formula is C19H24N2O5S. The lowest BCUT2D eigenvalue weighted by atomic mass is 10.1. The van der Waals surface area contributed by atoms with Crippen molar-refractivity contribution in [3.8, 4) is 11.5 Å². The molecule has 2 rings (SSSR count). The molecule has 0 saturated heterocycles. The van der Waals surface area contributed by atoms with Crippen LogP contribution in [0.4, 0.5) is 11.4 Å². The Morgan fingerprint density at radius 2 is 1.67 bits per heavy atom. The number of ether oxygens (including phenoxy) is 2. The quantitative estimate of drug-likeness (QED) is 0.747. The van der Waals surface area contributed by atoms with Crippen molar-refractivity contribution in [1.29, 1.82) is 0 Å². The molecule has 0 fully saturated rings. The minimum absolute atomic E-state index is 0.292. The summed E-state index contributed by atoms with van der Waals surface area (Å²) in [6.07, 6.45) is 1.37. The van der Waals surface area contributed by atoms with Gasteiger partial charge in [-0.2, -0.15) is 0 Å². The van der Waals surface area contributed by atoms with Crippen LogP contribution in [-0.4, -0.2) is 40.8 Å². The number of nitrogens with zero attached hydrogens (tertiary/aromatic N) is 1. The maximum absolute atomic E-state index is 12.9. The number of rotatable bonds is 8. The Hall–Kier alpha value is -2.74. The molecule has 1 N–H and O–H groups in total. The monoisotopic (exact) mass is 392 g/mol. The molecule has 2 aromatic rings. The first-order valence-corrected chi connectivity index (χ1v) is 10.2. The van der Waals surface area contributed by atoms with Crippen molar-refractivity contribution in [2.75, 3.05) is 30.1 Å². The Bertz CT molecular complexity index is 898. The van der Waals surface area contributed by atoms with Gasteiger partial charge in [-0.1, -0.05) is 19.1 Å². The topological polar surface area (TPSA) is 84.9 Å². The van der Waals surface area contributed by atoms with Crippen molar-refractivity contribution in [2.45, 2.75) is 19.4 Å². The van der Waals surface area contributed by atoms with Gasteiger partial charge >= 0.3 is 0 Å². The van der Waals surface area contributed by atoms with Crippen molar-refractivity contribution in [3.05, 3.63) is 48.5 Å². The van der Waals surface area contributed by atoms with Crippen molar-refractivity contribution in [2.24, 2.45) is 0 Å². The van der Waals surface area contributed by atoms with Gasteiger partial charge in [0.1, 0.15) is 17.5 Å². The number of benzene rings is 2. The highest BCUT2D eigenvalue weighted by Crippen LogP contribution is 2.27. The van der Waals surface area contributed by atoms with Gasteiger partial charge in [-0.05, 0) is 30.7 Å². The van der Waals surface area contributed by atoms with Crippen LogP contribution in [0.3, 0.4) is 0 Å². The first kappa shape index (κ1) is 20.6. The SMILES string of the molecule is CCC(C(=O)Nc1cccc(OC)c1)N(c1cccc(OC)c1)S(C)(=O)=O. The second-order valence-electron chi connectivity index (χ2n) is 5.91. The number of anilines is 2. The predicted octanol–water partition coefficient (Wildman–Crippen LogP) is 2.89. The first-order valence-electron chi connectivity index (χ1n) is 8.38. The normalized spacial score (nSPS) is 12.1. The molecule has 1 amide bonds. The number of carbonyl (C=O) groups is 1. The maximum Gasteiger partial charge on any atom is 0.248 e. The molecule has 1 atom stereocenters. The molecule has 0 saturated carbocycles. The summed E-state index contributed by atoms with van der Waals surface area (Å²) in [5, 5.41) is 2.76. The fourth-order valence-corrected chi connectivity index (χ4v) is 3.94. The average Bonchev–Trinajstić information content (AvgIpc) is 2.64. The molecule has 0 radical (unpaired) electrons. The van der Waals surface area contributed by atoms with E-state index in [-0.39, 0.29) is 0 Å². The van der Waals surface area contributed by atoms with E-state index in [1.807, 2.05) is 0 Å². The van der Waals surface area contributed by atoms with Crippen molar-refractivity contribution < 1.29 is 22.7 Å². The third kappa shape index (κ3) is 5.13. The van der Waals surface area contributed by atoms with Gasteiger partial charge in [0, 0.05) is 17.8 Å². The summed E-state index contributed by atoms with van der Waals surface area (Å²) in [6.45, 7) is 1.76. The molecule has 0 spiro atoms. The zero-order valence-electron chi connectivity index (χ0n) is 15.8. The Morgan fingerprint density at radius 3 is 2.22 bits per heavy atom. The summed E-state index contributed by atoms with van der Waals surface area (Å²) in [5.41, 5.74) is 0.890. The minimum atomic E-state index is -3.71. The van der Waals surface area contributed by atoms with E-state index < -0.39 is 22.0 Å². The van der Waals surface area contributed by atoms with Crippen LogP contribution in [0.15, 0.2) is 48.5 Å². The molecule has 0 heterocycles. The summed E-state index contributed by atoms with van der Waals surface area (Å²) < 4.78 is 36.4. The highest BCUT2D eigenvalue weighted by molar-refractivity contribution is 7.92. The lowest BCUT2D eigenvalue weighted by molar-refractivity contribution is -0.117. The van der Waals surface area contributed by atoms with Crippen LogP contribution in [0.5, 0.6) is 11.5 Å². The van der Waals surface area contributed by atoms with Gasteiger partial charge in [0.2, 0.25) is 15.9 Å². The minimum Gasteiger partial charge on any atom is -0.497 e. The third-order valence-electron chi connectivity index (χ3n) is 3.97. The molecule has 0 aliphatic heterocycles. The Kier molecular flexibility index (Phi) is 6.68. The highest BCUT2D eigenvalue weighted by Gasteiger charge is 2.31. The number of hydrogen-bond donors (Lipinski definition) is 1. The van der Waals surface area contributed by atoms with E-state index in [0.717, 1.165) is 10.6 Å². The van der Waals surface area contributed by atoms with Gasteiger partial charge in [0.25, 0.3) is 0 Å². The van der Waals surface area contributed by atoms with E-state index >= 15 is 0 Å². The van der Waals surface area contributed by atoms with Gasteiger partial charge in [0.05, 0.1) is 26.2 Å². The number of methoxy groups -OCH3 is 2. The van der Waals surface area contributed by atoms with Gasteiger partial charge < -0.3 is 14.8 Å². The van der Waals surface area contributed by atoms with Crippen LogP contribution in [0.1, 0.15) is 13.3 Å². The van der Waals surface area contributed by atoms with Crippen molar-refractivity contribution in [3.63, 3.8) is 0 Å². The maximum atomic E-state index is 12.9. The largest absolute Gasteiger partial charge is 0.497 e. The number of carbonyl (C=O) groups excluding carboxylic acids is 1. The summed E-state index contributed by atoms with van der Waals surface area (Å²) in [4.78, 5) is 12.9. The number of hydrogen-bond acceptors (Lipinski definition) is 5. The van der Waals surface area contributed by atoms with E-state index in [2.05, 4.69) is 5.32 Å².